The maximum absolute atomic E-state index is 12.9. The highest BCUT2D eigenvalue weighted by Crippen LogP contribution is 2.39. The third-order valence-electron chi connectivity index (χ3n) is 3.12. The van der Waals surface area contributed by atoms with E-state index in [1.54, 1.807) is 0 Å². The Kier molecular flexibility index (Phi) is 3.28. The van der Waals surface area contributed by atoms with Gasteiger partial charge in [-0.05, 0) is 49.5 Å². The predicted molar refractivity (Wildman–Crippen MR) is 58.0 cm³/mol. The minimum atomic E-state index is -4.40. The van der Waals surface area contributed by atoms with E-state index in [1.165, 1.54) is 12.1 Å². The lowest BCUT2D eigenvalue weighted by atomic mass is 9.87. The second-order valence-electron chi connectivity index (χ2n) is 4.29. The van der Waals surface area contributed by atoms with Crippen molar-refractivity contribution in [2.24, 2.45) is 0 Å². The van der Waals surface area contributed by atoms with Crippen LogP contribution in [0.1, 0.15) is 29.9 Å². The normalized spacial score (nSPS) is 18.3. The van der Waals surface area contributed by atoms with Crippen molar-refractivity contribution >= 4 is 0 Å². The number of piperidine rings is 1. The molecular weight excluding hydrogens is 231 g/mol. The van der Waals surface area contributed by atoms with Crippen LogP contribution in [0.3, 0.4) is 0 Å². The van der Waals surface area contributed by atoms with E-state index in [4.69, 9.17) is 0 Å². The predicted octanol–water partition coefficient (Wildman–Crippen LogP) is 2.88. The summed E-state index contributed by atoms with van der Waals surface area (Å²) in [5.41, 5.74) is -0.402. The summed E-state index contributed by atoms with van der Waals surface area (Å²) in [5.74, 6) is -0.413. The lowest BCUT2D eigenvalue weighted by molar-refractivity contribution is -0.138. The minimum Gasteiger partial charge on any atom is -0.508 e. The molecule has 5 heteroatoms. The van der Waals surface area contributed by atoms with Gasteiger partial charge in [-0.1, -0.05) is 6.07 Å². The largest absolute Gasteiger partial charge is 0.508 e. The van der Waals surface area contributed by atoms with Gasteiger partial charge < -0.3 is 10.4 Å². The molecule has 0 aromatic heterocycles. The molecule has 0 bridgehead atoms. The molecule has 2 rings (SSSR count). The second kappa shape index (κ2) is 4.56. The van der Waals surface area contributed by atoms with E-state index in [2.05, 4.69) is 5.32 Å². The first kappa shape index (κ1) is 12.2. The lowest BCUT2D eigenvalue weighted by Crippen LogP contribution is -2.27. The van der Waals surface area contributed by atoms with E-state index in [0.29, 0.717) is 18.4 Å². The molecule has 2 N–H and O–H groups in total. The van der Waals surface area contributed by atoms with Gasteiger partial charge in [0.15, 0.2) is 0 Å². The van der Waals surface area contributed by atoms with E-state index >= 15 is 0 Å². The first-order valence-corrected chi connectivity index (χ1v) is 5.59. The molecular formula is C12H14F3NO. The van der Waals surface area contributed by atoms with Crippen molar-refractivity contribution in [1.29, 1.82) is 0 Å². The van der Waals surface area contributed by atoms with E-state index in [0.717, 1.165) is 19.2 Å². The average Bonchev–Trinajstić information content (AvgIpc) is 2.29. The van der Waals surface area contributed by atoms with Crippen LogP contribution >= 0.6 is 0 Å². The fourth-order valence-corrected chi connectivity index (χ4v) is 2.28. The van der Waals surface area contributed by atoms with Crippen LogP contribution in [0.5, 0.6) is 5.75 Å². The number of hydrogen-bond donors (Lipinski definition) is 2. The number of hydrogen-bond acceptors (Lipinski definition) is 2. The highest BCUT2D eigenvalue weighted by atomic mass is 19.4. The Balaban J connectivity index is 2.38. The molecule has 2 nitrogen and oxygen atoms in total. The molecule has 1 aromatic rings. The van der Waals surface area contributed by atoms with Gasteiger partial charge in [0.05, 0.1) is 5.56 Å². The third kappa shape index (κ3) is 2.72. The Hall–Kier alpha value is -1.23. The molecule has 0 atom stereocenters. The fraction of sp³-hybridized carbons (Fsp3) is 0.500. The highest BCUT2D eigenvalue weighted by Gasteiger charge is 2.35. The van der Waals surface area contributed by atoms with Gasteiger partial charge in [-0.2, -0.15) is 13.2 Å². The highest BCUT2D eigenvalue weighted by molar-refractivity contribution is 5.39. The standard InChI is InChI=1S/C12H14F3NO/c13-12(14,15)11-7-9(17)1-2-10(11)8-3-5-16-6-4-8/h1-2,7-8,16-17H,3-6H2. The van der Waals surface area contributed by atoms with Gasteiger partial charge >= 0.3 is 6.18 Å². The molecule has 1 aromatic carbocycles. The molecule has 0 amide bonds. The quantitative estimate of drug-likeness (QED) is 0.797. The van der Waals surface area contributed by atoms with Crippen LogP contribution in [0.4, 0.5) is 13.2 Å². The Morgan fingerprint density at radius 1 is 1.18 bits per heavy atom. The zero-order valence-electron chi connectivity index (χ0n) is 9.22. The Labute approximate surface area is 97.5 Å². The number of aromatic hydroxyl groups is 1. The van der Waals surface area contributed by atoms with Crippen molar-refractivity contribution in [3.8, 4) is 5.75 Å². The van der Waals surface area contributed by atoms with Crippen LogP contribution in [-0.2, 0) is 6.18 Å². The number of phenolic OH excluding ortho intramolecular Hbond substituents is 1. The topological polar surface area (TPSA) is 32.3 Å². The van der Waals surface area contributed by atoms with Crippen molar-refractivity contribution in [3.63, 3.8) is 0 Å². The van der Waals surface area contributed by atoms with Crippen molar-refractivity contribution in [3.05, 3.63) is 29.3 Å². The van der Waals surface area contributed by atoms with Gasteiger partial charge in [-0.25, -0.2) is 0 Å². The molecule has 94 valence electrons. The smallest absolute Gasteiger partial charge is 0.416 e. The second-order valence-corrected chi connectivity index (χ2v) is 4.29. The number of phenols is 1. The molecule has 1 heterocycles. The van der Waals surface area contributed by atoms with Crippen LogP contribution < -0.4 is 5.32 Å². The number of rotatable bonds is 1. The summed E-state index contributed by atoms with van der Waals surface area (Å²) in [6.07, 6.45) is -3.00. The van der Waals surface area contributed by atoms with Crippen molar-refractivity contribution in [1.82, 2.24) is 5.32 Å². The Morgan fingerprint density at radius 2 is 1.82 bits per heavy atom. The fourth-order valence-electron chi connectivity index (χ4n) is 2.28. The summed E-state index contributed by atoms with van der Waals surface area (Å²) in [5, 5.41) is 12.3. The van der Waals surface area contributed by atoms with E-state index in [1.807, 2.05) is 0 Å². The number of halogens is 3. The number of benzene rings is 1. The van der Waals surface area contributed by atoms with Gasteiger partial charge in [0.25, 0.3) is 0 Å². The van der Waals surface area contributed by atoms with Gasteiger partial charge in [-0.15, -0.1) is 0 Å². The zero-order valence-corrected chi connectivity index (χ0v) is 9.22. The molecule has 1 aliphatic heterocycles. The van der Waals surface area contributed by atoms with Gasteiger partial charge in [-0.3, -0.25) is 0 Å². The molecule has 0 spiro atoms. The summed E-state index contributed by atoms with van der Waals surface area (Å²) in [4.78, 5) is 0. The molecule has 1 aliphatic rings. The molecule has 0 saturated carbocycles. The van der Waals surface area contributed by atoms with E-state index in [-0.39, 0.29) is 11.7 Å². The van der Waals surface area contributed by atoms with Gasteiger partial charge in [0, 0.05) is 0 Å². The van der Waals surface area contributed by atoms with Crippen LogP contribution in [0.2, 0.25) is 0 Å². The summed E-state index contributed by atoms with van der Waals surface area (Å²) in [7, 11) is 0. The summed E-state index contributed by atoms with van der Waals surface area (Å²) in [6, 6.07) is 3.54. The van der Waals surface area contributed by atoms with Crippen LogP contribution in [-0.4, -0.2) is 18.2 Å². The number of nitrogens with one attached hydrogen (secondary N) is 1. The molecule has 0 aliphatic carbocycles. The van der Waals surface area contributed by atoms with Crippen molar-refractivity contribution in [2.75, 3.05) is 13.1 Å². The lowest BCUT2D eigenvalue weighted by Gasteiger charge is -2.25. The van der Waals surface area contributed by atoms with Crippen molar-refractivity contribution < 1.29 is 18.3 Å². The van der Waals surface area contributed by atoms with Gasteiger partial charge in [0.1, 0.15) is 5.75 Å². The molecule has 0 radical (unpaired) electrons. The molecule has 17 heavy (non-hydrogen) atoms. The third-order valence-corrected chi connectivity index (χ3v) is 3.12. The summed E-state index contributed by atoms with van der Waals surface area (Å²) >= 11 is 0. The number of alkyl halides is 3. The average molecular weight is 245 g/mol. The zero-order chi connectivity index (χ0) is 12.5. The van der Waals surface area contributed by atoms with Crippen LogP contribution in [0.15, 0.2) is 18.2 Å². The molecule has 1 saturated heterocycles. The van der Waals surface area contributed by atoms with Gasteiger partial charge in [0.2, 0.25) is 0 Å². The van der Waals surface area contributed by atoms with Crippen LogP contribution in [0.25, 0.3) is 0 Å². The maximum atomic E-state index is 12.9. The summed E-state index contributed by atoms with van der Waals surface area (Å²) < 4.78 is 38.6. The minimum absolute atomic E-state index is 0.0755. The summed E-state index contributed by atoms with van der Waals surface area (Å²) in [6.45, 7) is 1.48. The maximum Gasteiger partial charge on any atom is 0.416 e. The van der Waals surface area contributed by atoms with E-state index < -0.39 is 11.7 Å². The first-order valence-electron chi connectivity index (χ1n) is 5.59. The molecule has 0 unspecified atom stereocenters. The Morgan fingerprint density at radius 3 is 2.41 bits per heavy atom. The monoisotopic (exact) mass is 245 g/mol. The Bertz CT molecular complexity index is 397. The van der Waals surface area contributed by atoms with Crippen molar-refractivity contribution in [2.45, 2.75) is 24.9 Å². The first-order chi connectivity index (χ1) is 7.98. The SMILES string of the molecule is Oc1ccc(C2CCNCC2)c(C(F)(F)F)c1. The van der Waals surface area contributed by atoms with Crippen LogP contribution in [0, 0.1) is 0 Å². The van der Waals surface area contributed by atoms with E-state index in [9.17, 15) is 18.3 Å². The molecule has 1 fully saturated rings.